The van der Waals surface area contributed by atoms with Crippen LogP contribution in [0.15, 0.2) is 48.7 Å². The topological polar surface area (TPSA) is 57.8 Å². The molecule has 0 aliphatic rings. The highest BCUT2D eigenvalue weighted by molar-refractivity contribution is 6.31. The Morgan fingerprint density at radius 2 is 1.92 bits per heavy atom. The summed E-state index contributed by atoms with van der Waals surface area (Å²) in [5.41, 5.74) is 2.41. The average molecular weight is 364 g/mol. The Labute approximate surface area is 147 Å². The number of H-pyrrole nitrogens is 1. The van der Waals surface area contributed by atoms with E-state index in [-0.39, 0.29) is 17.5 Å². The molecule has 0 aliphatic heterocycles. The van der Waals surface area contributed by atoms with Gasteiger partial charge in [0, 0.05) is 22.2 Å². The van der Waals surface area contributed by atoms with Crippen LogP contribution >= 0.6 is 23.2 Å². The molecule has 2 N–H and O–H groups in total. The van der Waals surface area contributed by atoms with Gasteiger partial charge >= 0.3 is 0 Å². The minimum absolute atomic E-state index is 0.184. The van der Waals surface area contributed by atoms with Gasteiger partial charge in [-0.15, -0.1) is 0 Å². The van der Waals surface area contributed by atoms with E-state index < -0.39 is 5.82 Å². The van der Waals surface area contributed by atoms with Crippen LogP contribution in [0.5, 0.6) is 0 Å². The number of hydrogen-bond acceptors (Lipinski definition) is 2. The first-order valence-corrected chi connectivity index (χ1v) is 7.81. The number of carbonyl (C=O) groups excluding carboxylic acids is 1. The van der Waals surface area contributed by atoms with Crippen molar-refractivity contribution in [3.8, 4) is 11.3 Å². The Balaban J connectivity index is 1.76. The van der Waals surface area contributed by atoms with Crippen LogP contribution in [0.2, 0.25) is 10.0 Å². The Morgan fingerprint density at radius 3 is 2.62 bits per heavy atom. The zero-order valence-electron chi connectivity index (χ0n) is 12.3. The molecule has 0 saturated heterocycles. The second-order valence-corrected chi connectivity index (χ2v) is 5.93. The van der Waals surface area contributed by atoms with Crippen LogP contribution in [0.25, 0.3) is 11.3 Å². The largest absolute Gasteiger partial charge is 0.348 e. The lowest BCUT2D eigenvalue weighted by Crippen LogP contribution is -2.23. The van der Waals surface area contributed by atoms with Crippen LogP contribution in [0.1, 0.15) is 15.9 Å². The minimum atomic E-state index is -0.421. The van der Waals surface area contributed by atoms with Gasteiger partial charge in [-0.25, -0.2) is 4.39 Å². The number of hydrogen-bond donors (Lipinski definition) is 2. The fraction of sp³-hybridized carbons (Fsp3) is 0.0588. The van der Waals surface area contributed by atoms with Gasteiger partial charge in [-0.05, 0) is 29.8 Å². The lowest BCUT2D eigenvalue weighted by atomic mass is 10.1. The van der Waals surface area contributed by atoms with Crippen molar-refractivity contribution >= 4 is 29.1 Å². The number of halogens is 3. The summed E-state index contributed by atoms with van der Waals surface area (Å²) in [6, 6.07) is 11.1. The van der Waals surface area contributed by atoms with Crippen molar-refractivity contribution in [1.29, 1.82) is 0 Å². The van der Waals surface area contributed by atoms with E-state index >= 15 is 0 Å². The molecule has 1 amide bonds. The first kappa shape index (κ1) is 16.5. The van der Waals surface area contributed by atoms with Crippen molar-refractivity contribution in [3.05, 3.63) is 75.7 Å². The number of amides is 1. The lowest BCUT2D eigenvalue weighted by Gasteiger charge is -2.08. The molecule has 0 fully saturated rings. The maximum absolute atomic E-state index is 13.0. The van der Waals surface area contributed by atoms with E-state index in [4.69, 9.17) is 23.2 Å². The molecular weight excluding hydrogens is 352 g/mol. The molecule has 0 bridgehead atoms. The van der Waals surface area contributed by atoms with E-state index in [1.54, 1.807) is 24.3 Å². The van der Waals surface area contributed by atoms with Gasteiger partial charge in [-0.2, -0.15) is 5.10 Å². The summed E-state index contributed by atoms with van der Waals surface area (Å²) in [5.74, 6) is -0.732. The molecule has 0 atom stereocenters. The summed E-state index contributed by atoms with van der Waals surface area (Å²) in [7, 11) is 0. The molecular formula is C17H12Cl2FN3O. The first-order valence-electron chi connectivity index (χ1n) is 7.06. The van der Waals surface area contributed by atoms with Crippen molar-refractivity contribution in [2.24, 2.45) is 0 Å². The molecule has 0 unspecified atom stereocenters. The molecule has 0 aliphatic carbocycles. The third-order valence-electron chi connectivity index (χ3n) is 3.47. The predicted molar refractivity (Wildman–Crippen MR) is 91.6 cm³/mol. The highest BCUT2D eigenvalue weighted by Crippen LogP contribution is 2.23. The van der Waals surface area contributed by atoms with E-state index in [1.165, 1.54) is 24.4 Å². The normalized spacial score (nSPS) is 10.6. The SMILES string of the molecule is O=C(NCc1ccc(F)cc1Cl)c1cn[nH]c1-c1ccc(Cl)cc1. The summed E-state index contributed by atoms with van der Waals surface area (Å²) in [5, 5.41) is 10.4. The molecule has 0 saturated carbocycles. The number of carbonyl (C=O) groups is 1. The van der Waals surface area contributed by atoms with Crippen LogP contribution < -0.4 is 5.32 Å². The molecule has 4 nitrogen and oxygen atoms in total. The zero-order valence-corrected chi connectivity index (χ0v) is 13.8. The van der Waals surface area contributed by atoms with Crippen molar-refractivity contribution in [2.75, 3.05) is 0 Å². The van der Waals surface area contributed by atoms with Gasteiger partial charge < -0.3 is 5.32 Å². The van der Waals surface area contributed by atoms with Crippen molar-refractivity contribution in [2.45, 2.75) is 6.54 Å². The maximum atomic E-state index is 13.0. The van der Waals surface area contributed by atoms with Crippen LogP contribution in [0.4, 0.5) is 4.39 Å². The van der Waals surface area contributed by atoms with Crippen LogP contribution in [0, 0.1) is 5.82 Å². The quantitative estimate of drug-likeness (QED) is 0.719. The Bertz CT molecular complexity index is 878. The number of nitrogens with one attached hydrogen (secondary N) is 2. The molecule has 3 aromatic rings. The molecule has 1 aromatic heterocycles. The summed E-state index contributed by atoms with van der Waals surface area (Å²) < 4.78 is 13.0. The van der Waals surface area contributed by atoms with Crippen molar-refractivity contribution in [1.82, 2.24) is 15.5 Å². The molecule has 3 rings (SSSR count). The Morgan fingerprint density at radius 1 is 1.17 bits per heavy atom. The smallest absolute Gasteiger partial charge is 0.255 e. The first-order chi connectivity index (χ1) is 11.5. The summed E-state index contributed by atoms with van der Waals surface area (Å²) in [4.78, 5) is 12.4. The van der Waals surface area contributed by atoms with Crippen molar-refractivity contribution < 1.29 is 9.18 Å². The summed E-state index contributed by atoms with van der Waals surface area (Å²) in [6.45, 7) is 0.184. The monoisotopic (exact) mass is 363 g/mol. The highest BCUT2D eigenvalue weighted by atomic mass is 35.5. The van der Waals surface area contributed by atoms with Crippen LogP contribution in [0.3, 0.4) is 0 Å². The third-order valence-corrected chi connectivity index (χ3v) is 4.08. The molecule has 122 valence electrons. The molecule has 24 heavy (non-hydrogen) atoms. The van der Waals surface area contributed by atoms with Gasteiger partial charge in [0.15, 0.2) is 0 Å². The number of nitrogens with zero attached hydrogens (tertiary/aromatic N) is 1. The Hall–Kier alpha value is -2.37. The fourth-order valence-electron chi connectivity index (χ4n) is 2.23. The van der Waals surface area contributed by atoms with Gasteiger partial charge in [0.2, 0.25) is 0 Å². The minimum Gasteiger partial charge on any atom is -0.348 e. The van der Waals surface area contributed by atoms with Gasteiger partial charge in [-0.1, -0.05) is 41.4 Å². The number of aromatic nitrogens is 2. The second kappa shape index (κ2) is 7.03. The standard InChI is InChI=1S/C17H12Cl2FN3O/c18-12-4-1-10(2-5-12)16-14(9-22-23-16)17(24)21-8-11-3-6-13(20)7-15(11)19/h1-7,9H,8H2,(H,21,24)(H,22,23). The van der Waals surface area contributed by atoms with Crippen LogP contribution in [-0.4, -0.2) is 16.1 Å². The molecule has 0 spiro atoms. The number of benzene rings is 2. The number of rotatable bonds is 4. The van der Waals surface area contributed by atoms with Gasteiger partial charge in [-0.3, -0.25) is 9.89 Å². The molecule has 0 radical (unpaired) electrons. The molecule has 7 heteroatoms. The van der Waals surface area contributed by atoms with Gasteiger partial charge in [0.25, 0.3) is 5.91 Å². The maximum Gasteiger partial charge on any atom is 0.255 e. The van der Waals surface area contributed by atoms with Gasteiger partial charge in [0.05, 0.1) is 17.5 Å². The van der Waals surface area contributed by atoms with E-state index in [2.05, 4.69) is 15.5 Å². The van der Waals surface area contributed by atoms with Crippen LogP contribution in [-0.2, 0) is 6.54 Å². The van der Waals surface area contributed by atoms with E-state index in [1.807, 2.05) is 0 Å². The van der Waals surface area contributed by atoms with E-state index in [0.717, 1.165) is 5.56 Å². The third kappa shape index (κ3) is 3.58. The van der Waals surface area contributed by atoms with Gasteiger partial charge in [0.1, 0.15) is 5.82 Å². The lowest BCUT2D eigenvalue weighted by molar-refractivity contribution is 0.0951. The average Bonchev–Trinajstić information content (AvgIpc) is 3.04. The summed E-state index contributed by atoms with van der Waals surface area (Å²) >= 11 is 11.8. The summed E-state index contributed by atoms with van der Waals surface area (Å²) in [6.07, 6.45) is 1.45. The van der Waals surface area contributed by atoms with Crippen molar-refractivity contribution in [3.63, 3.8) is 0 Å². The van der Waals surface area contributed by atoms with E-state index in [0.29, 0.717) is 21.8 Å². The molecule has 1 heterocycles. The van der Waals surface area contributed by atoms with E-state index in [9.17, 15) is 9.18 Å². The molecule has 2 aromatic carbocycles. The fourth-order valence-corrected chi connectivity index (χ4v) is 2.59. The highest BCUT2D eigenvalue weighted by Gasteiger charge is 2.15. The number of aromatic amines is 1. The second-order valence-electron chi connectivity index (χ2n) is 5.08. The Kier molecular flexibility index (Phi) is 4.83. The predicted octanol–water partition coefficient (Wildman–Crippen LogP) is 4.45. The zero-order chi connectivity index (χ0) is 17.1.